The minimum absolute atomic E-state index is 0.221. The van der Waals surface area contributed by atoms with Crippen LogP contribution < -0.4 is 11.1 Å². The molecule has 0 unspecified atom stereocenters. The summed E-state index contributed by atoms with van der Waals surface area (Å²) in [5.74, 6) is 0. The molecule has 3 fully saturated rings. The van der Waals surface area contributed by atoms with Gasteiger partial charge >= 0.3 is 0 Å². The fourth-order valence-corrected chi connectivity index (χ4v) is 2.59. The summed E-state index contributed by atoms with van der Waals surface area (Å²) in [5.41, 5.74) is 6.88. The van der Waals surface area contributed by atoms with E-state index in [9.17, 15) is 0 Å². The van der Waals surface area contributed by atoms with E-state index >= 15 is 0 Å². The molecule has 3 N–H and O–H groups in total. The molecule has 3 aliphatic carbocycles. The van der Waals surface area contributed by atoms with E-state index in [-0.39, 0.29) is 5.54 Å². The normalized spacial score (nSPS) is 49.6. The maximum atomic E-state index is 6.18. The first kappa shape index (κ1) is 7.56. The average molecular weight is 154 g/mol. The molecule has 2 nitrogen and oxygen atoms in total. The van der Waals surface area contributed by atoms with E-state index in [4.69, 9.17) is 5.73 Å². The highest BCUT2D eigenvalue weighted by atomic mass is 15.0. The van der Waals surface area contributed by atoms with E-state index < -0.39 is 0 Å². The van der Waals surface area contributed by atoms with Crippen molar-refractivity contribution in [3.05, 3.63) is 0 Å². The predicted molar refractivity (Wildman–Crippen MR) is 46.4 cm³/mol. The molecular formula is C9H18N2. The lowest BCUT2D eigenvalue weighted by atomic mass is 9.62. The molecule has 0 saturated heterocycles. The van der Waals surface area contributed by atoms with Crippen molar-refractivity contribution in [3.63, 3.8) is 0 Å². The van der Waals surface area contributed by atoms with Crippen molar-refractivity contribution in [2.24, 2.45) is 5.73 Å². The summed E-state index contributed by atoms with van der Waals surface area (Å²) in [6.45, 7) is 0. The standard InChI is InChI=1S/C9H18N2/c1-11-9-5-2-8(10,3-6-9)4-7-9/h11H,2-7,10H2,1H3. The minimum atomic E-state index is 0.221. The summed E-state index contributed by atoms with van der Waals surface area (Å²) in [4.78, 5) is 0. The fourth-order valence-electron chi connectivity index (χ4n) is 2.59. The highest BCUT2D eigenvalue weighted by molar-refractivity contribution is 5.06. The SMILES string of the molecule is CNC12CCC(N)(CC1)CC2. The van der Waals surface area contributed by atoms with Gasteiger partial charge in [0.25, 0.3) is 0 Å². The third-order valence-electron chi connectivity index (χ3n) is 3.83. The van der Waals surface area contributed by atoms with Gasteiger partial charge in [-0.1, -0.05) is 0 Å². The molecule has 11 heavy (non-hydrogen) atoms. The molecule has 0 atom stereocenters. The largest absolute Gasteiger partial charge is 0.325 e. The first-order valence-corrected chi connectivity index (χ1v) is 4.66. The van der Waals surface area contributed by atoms with Gasteiger partial charge in [-0.3, -0.25) is 0 Å². The van der Waals surface area contributed by atoms with Crippen LogP contribution in [0.1, 0.15) is 38.5 Å². The van der Waals surface area contributed by atoms with Crippen molar-refractivity contribution < 1.29 is 0 Å². The van der Waals surface area contributed by atoms with Crippen LogP contribution in [0.3, 0.4) is 0 Å². The molecule has 0 aromatic carbocycles. The van der Waals surface area contributed by atoms with Crippen LogP contribution in [-0.4, -0.2) is 18.1 Å². The van der Waals surface area contributed by atoms with Crippen molar-refractivity contribution in [2.45, 2.75) is 49.6 Å². The third kappa shape index (κ3) is 1.09. The minimum Gasteiger partial charge on any atom is -0.325 e. The van der Waals surface area contributed by atoms with Gasteiger partial charge in [0.2, 0.25) is 0 Å². The van der Waals surface area contributed by atoms with Crippen LogP contribution in [0, 0.1) is 0 Å². The first-order valence-electron chi connectivity index (χ1n) is 4.66. The molecular weight excluding hydrogens is 136 g/mol. The van der Waals surface area contributed by atoms with E-state index in [0.29, 0.717) is 5.54 Å². The molecule has 0 aliphatic heterocycles. The molecule has 2 heteroatoms. The van der Waals surface area contributed by atoms with Crippen LogP contribution in [-0.2, 0) is 0 Å². The summed E-state index contributed by atoms with van der Waals surface area (Å²) in [6.07, 6.45) is 7.56. The van der Waals surface area contributed by atoms with E-state index in [1.807, 2.05) is 0 Å². The molecule has 0 amide bonds. The maximum Gasteiger partial charge on any atom is 0.0180 e. The summed E-state index contributed by atoms with van der Waals surface area (Å²) in [7, 11) is 2.09. The fraction of sp³-hybridized carbons (Fsp3) is 1.00. The van der Waals surface area contributed by atoms with Gasteiger partial charge in [0, 0.05) is 11.1 Å². The van der Waals surface area contributed by atoms with Crippen LogP contribution in [0.5, 0.6) is 0 Å². The van der Waals surface area contributed by atoms with Crippen LogP contribution in [0.2, 0.25) is 0 Å². The second-order valence-corrected chi connectivity index (χ2v) is 4.39. The zero-order chi connectivity index (χ0) is 7.95. The lowest BCUT2D eigenvalue weighted by Crippen LogP contribution is -2.59. The van der Waals surface area contributed by atoms with Crippen molar-refractivity contribution >= 4 is 0 Å². The summed E-state index contributed by atoms with van der Waals surface area (Å²) >= 11 is 0. The Morgan fingerprint density at radius 2 is 1.45 bits per heavy atom. The van der Waals surface area contributed by atoms with Crippen LogP contribution >= 0.6 is 0 Å². The molecule has 0 spiro atoms. The summed E-state index contributed by atoms with van der Waals surface area (Å²) in [6, 6.07) is 0. The van der Waals surface area contributed by atoms with Gasteiger partial charge in [0.15, 0.2) is 0 Å². The predicted octanol–water partition coefficient (Wildman–Crippen LogP) is 1.01. The molecule has 0 radical (unpaired) electrons. The highest BCUT2D eigenvalue weighted by Crippen LogP contribution is 2.44. The van der Waals surface area contributed by atoms with Gasteiger partial charge in [0.05, 0.1) is 0 Å². The van der Waals surface area contributed by atoms with Gasteiger partial charge in [-0.25, -0.2) is 0 Å². The van der Waals surface area contributed by atoms with Crippen LogP contribution in [0.25, 0.3) is 0 Å². The van der Waals surface area contributed by atoms with E-state index in [1.165, 1.54) is 38.5 Å². The Morgan fingerprint density at radius 3 is 1.82 bits per heavy atom. The summed E-state index contributed by atoms with van der Waals surface area (Å²) in [5, 5.41) is 3.47. The number of rotatable bonds is 1. The Balaban J connectivity index is 2.12. The smallest absolute Gasteiger partial charge is 0.0180 e. The topological polar surface area (TPSA) is 38.0 Å². The lowest BCUT2D eigenvalue weighted by Gasteiger charge is -2.51. The Bertz CT molecular complexity index is 140. The van der Waals surface area contributed by atoms with Crippen LogP contribution in [0.4, 0.5) is 0 Å². The van der Waals surface area contributed by atoms with E-state index in [0.717, 1.165) is 0 Å². The third-order valence-corrected chi connectivity index (χ3v) is 3.83. The van der Waals surface area contributed by atoms with Gasteiger partial charge in [-0.15, -0.1) is 0 Å². The van der Waals surface area contributed by atoms with Crippen molar-refractivity contribution in [1.29, 1.82) is 0 Å². The number of fused-ring (bicyclic) bond motifs is 3. The second-order valence-electron chi connectivity index (χ2n) is 4.39. The Labute approximate surface area is 68.5 Å². The van der Waals surface area contributed by atoms with Gasteiger partial charge in [-0.2, -0.15) is 0 Å². The van der Waals surface area contributed by atoms with Crippen molar-refractivity contribution in [3.8, 4) is 0 Å². The van der Waals surface area contributed by atoms with Gasteiger partial charge in [0.1, 0.15) is 0 Å². The molecule has 0 aromatic rings. The zero-order valence-electron chi connectivity index (χ0n) is 7.32. The van der Waals surface area contributed by atoms with E-state index in [2.05, 4.69) is 12.4 Å². The Morgan fingerprint density at radius 1 is 1.00 bits per heavy atom. The lowest BCUT2D eigenvalue weighted by molar-refractivity contribution is 0.0885. The number of hydrogen-bond acceptors (Lipinski definition) is 2. The van der Waals surface area contributed by atoms with E-state index in [1.54, 1.807) is 0 Å². The average Bonchev–Trinajstić information content (AvgIpc) is 2.07. The first-order chi connectivity index (χ1) is 5.18. The molecule has 64 valence electrons. The van der Waals surface area contributed by atoms with Crippen molar-refractivity contribution in [2.75, 3.05) is 7.05 Å². The second kappa shape index (κ2) is 2.20. The van der Waals surface area contributed by atoms with Gasteiger partial charge < -0.3 is 11.1 Å². The Hall–Kier alpha value is -0.0800. The van der Waals surface area contributed by atoms with Crippen molar-refractivity contribution in [1.82, 2.24) is 5.32 Å². The maximum absolute atomic E-state index is 6.18. The number of nitrogens with two attached hydrogens (primary N) is 1. The number of nitrogens with one attached hydrogen (secondary N) is 1. The highest BCUT2D eigenvalue weighted by Gasteiger charge is 2.45. The molecule has 3 aliphatic rings. The van der Waals surface area contributed by atoms with Gasteiger partial charge in [-0.05, 0) is 45.6 Å². The molecule has 2 bridgehead atoms. The molecule has 0 aromatic heterocycles. The zero-order valence-corrected chi connectivity index (χ0v) is 7.32. The molecule has 3 saturated carbocycles. The van der Waals surface area contributed by atoms with Crippen LogP contribution in [0.15, 0.2) is 0 Å². The number of hydrogen-bond donors (Lipinski definition) is 2. The monoisotopic (exact) mass is 154 g/mol. The molecule has 0 heterocycles. The quantitative estimate of drug-likeness (QED) is 0.591. The Kier molecular flexibility index (Phi) is 1.52. The summed E-state index contributed by atoms with van der Waals surface area (Å²) < 4.78 is 0. The molecule has 3 rings (SSSR count).